The van der Waals surface area contributed by atoms with E-state index in [0.29, 0.717) is 18.1 Å². The van der Waals surface area contributed by atoms with Gasteiger partial charge in [-0.2, -0.15) is 0 Å². The molecule has 2 N–H and O–H groups in total. The molecule has 0 fully saturated rings. The molecule has 0 saturated heterocycles. The van der Waals surface area contributed by atoms with Crippen molar-refractivity contribution in [3.63, 3.8) is 0 Å². The zero-order valence-corrected chi connectivity index (χ0v) is 12.9. The van der Waals surface area contributed by atoms with Gasteiger partial charge in [-0.15, -0.1) is 12.4 Å². The lowest BCUT2D eigenvalue weighted by Crippen LogP contribution is -2.29. The first kappa shape index (κ1) is 16.3. The first-order valence-corrected chi connectivity index (χ1v) is 7.01. The molecule has 2 aromatic rings. The topological polar surface area (TPSA) is 67.2 Å². The second-order valence-electron chi connectivity index (χ2n) is 4.90. The van der Waals surface area contributed by atoms with Gasteiger partial charge in [0, 0.05) is 18.7 Å². The third-order valence-electron chi connectivity index (χ3n) is 3.39. The second kappa shape index (κ2) is 7.77. The number of carbonyl (C=O) groups is 1. The molecule has 0 spiro atoms. The van der Waals surface area contributed by atoms with Crippen LogP contribution in [0.3, 0.4) is 0 Å². The van der Waals surface area contributed by atoms with E-state index in [2.05, 4.69) is 21.7 Å². The molecule has 5 nitrogen and oxygen atoms in total. The van der Waals surface area contributed by atoms with Crippen LogP contribution in [0.15, 0.2) is 52.7 Å². The summed E-state index contributed by atoms with van der Waals surface area (Å²) in [6, 6.07) is 9.53. The molecule has 1 aliphatic rings. The van der Waals surface area contributed by atoms with Gasteiger partial charge in [0.1, 0.15) is 6.26 Å². The summed E-state index contributed by atoms with van der Waals surface area (Å²) in [6.45, 7) is 2.39. The summed E-state index contributed by atoms with van der Waals surface area (Å²) in [7, 11) is 0. The zero-order valence-electron chi connectivity index (χ0n) is 12.0. The van der Waals surface area contributed by atoms with Crippen LogP contribution in [0.1, 0.15) is 16.9 Å². The summed E-state index contributed by atoms with van der Waals surface area (Å²) in [5.41, 5.74) is 2.41. The van der Waals surface area contributed by atoms with Crippen LogP contribution in [0.25, 0.3) is 11.5 Å². The van der Waals surface area contributed by atoms with Crippen LogP contribution in [0.4, 0.5) is 0 Å². The number of nitrogens with one attached hydrogen (secondary N) is 2. The molecule has 0 atom stereocenters. The van der Waals surface area contributed by atoms with Gasteiger partial charge < -0.3 is 15.1 Å². The van der Waals surface area contributed by atoms with Crippen molar-refractivity contribution in [2.24, 2.45) is 0 Å². The van der Waals surface area contributed by atoms with Gasteiger partial charge >= 0.3 is 0 Å². The average Bonchev–Trinajstić information content (AvgIpc) is 3.04. The largest absolute Gasteiger partial charge is 0.444 e. The van der Waals surface area contributed by atoms with E-state index >= 15 is 0 Å². The molecule has 0 unspecified atom stereocenters. The SMILES string of the molecule is Cl.O=C(NCC1=CCNCC1)c1coc(-c2ccccc2)n1. The van der Waals surface area contributed by atoms with Gasteiger partial charge in [-0.05, 0) is 25.1 Å². The summed E-state index contributed by atoms with van der Waals surface area (Å²) in [4.78, 5) is 16.3. The van der Waals surface area contributed by atoms with Crippen LogP contribution in [0.5, 0.6) is 0 Å². The molecule has 1 aromatic heterocycles. The fourth-order valence-corrected chi connectivity index (χ4v) is 2.21. The monoisotopic (exact) mass is 319 g/mol. The Kier molecular flexibility index (Phi) is 5.75. The second-order valence-corrected chi connectivity index (χ2v) is 4.90. The van der Waals surface area contributed by atoms with Crippen LogP contribution < -0.4 is 10.6 Å². The van der Waals surface area contributed by atoms with Gasteiger partial charge in [0.15, 0.2) is 5.69 Å². The Balaban J connectivity index is 0.00000176. The molecule has 0 saturated carbocycles. The number of hydrogen-bond donors (Lipinski definition) is 2. The number of halogens is 1. The number of nitrogens with zero attached hydrogens (tertiary/aromatic N) is 1. The van der Waals surface area contributed by atoms with Crippen molar-refractivity contribution in [1.29, 1.82) is 0 Å². The fourth-order valence-electron chi connectivity index (χ4n) is 2.21. The van der Waals surface area contributed by atoms with E-state index in [9.17, 15) is 4.79 Å². The van der Waals surface area contributed by atoms with Gasteiger partial charge in [0.2, 0.25) is 5.89 Å². The Hall–Kier alpha value is -2.11. The third kappa shape index (κ3) is 3.96. The van der Waals surface area contributed by atoms with Crippen molar-refractivity contribution >= 4 is 18.3 Å². The van der Waals surface area contributed by atoms with Gasteiger partial charge in [0.25, 0.3) is 5.91 Å². The lowest BCUT2D eigenvalue weighted by molar-refractivity contribution is 0.0951. The maximum atomic E-state index is 12.1. The van der Waals surface area contributed by atoms with Crippen LogP contribution >= 0.6 is 12.4 Å². The van der Waals surface area contributed by atoms with Gasteiger partial charge in [0.05, 0.1) is 0 Å². The van der Waals surface area contributed by atoms with Gasteiger partial charge in [-0.1, -0.05) is 29.8 Å². The van der Waals surface area contributed by atoms with E-state index in [0.717, 1.165) is 25.1 Å². The predicted molar refractivity (Wildman–Crippen MR) is 87.1 cm³/mol. The summed E-state index contributed by atoms with van der Waals surface area (Å²) >= 11 is 0. The first-order chi connectivity index (χ1) is 10.3. The Morgan fingerprint density at radius 2 is 2.14 bits per heavy atom. The molecular formula is C16H18ClN3O2. The molecule has 1 aromatic carbocycles. The highest BCUT2D eigenvalue weighted by Crippen LogP contribution is 2.17. The quantitative estimate of drug-likeness (QED) is 0.849. The predicted octanol–water partition coefficient (Wildman–Crippen LogP) is 2.41. The fraction of sp³-hybridized carbons (Fsp3) is 0.250. The molecule has 116 valence electrons. The van der Waals surface area contributed by atoms with Gasteiger partial charge in [-0.3, -0.25) is 4.79 Å². The third-order valence-corrected chi connectivity index (χ3v) is 3.39. The molecular weight excluding hydrogens is 302 g/mol. The van der Waals surface area contributed by atoms with E-state index in [1.807, 2.05) is 30.3 Å². The van der Waals surface area contributed by atoms with Crippen molar-refractivity contribution in [3.05, 3.63) is 53.9 Å². The van der Waals surface area contributed by atoms with Crippen molar-refractivity contribution in [3.8, 4) is 11.5 Å². The Morgan fingerprint density at radius 1 is 1.32 bits per heavy atom. The van der Waals surface area contributed by atoms with E-state index in [1.54, 1.807) is 0 Å². The lowest BCUT2D eigenvalue weighted by Gasteiger charge is -2.13. The highest BCUT2D eigenvalue weighted by atomic mass is 35.5. The number of oxazole rings is 1. The van der Waals surface area contributed by atoms with Crippen LogP contribution in [0.2, 0.25) is 0 Å². The summed E-state index contributed by atoms with van der Waals surface area (Å²) in [6.07, 6.45) is 4.48. The van der Waals surface area contributed by atoms with Gasteiger partial charge in [-0.25, -0.2) is 4.98 Å². The maximum absolute atomic E-state index is 12.1. The molecule has 22 heavy (non-hydrogen) atoms. The van der Waals surface area contributed by atoms with Crippen LogP contribution in [-0.4, -0.2) is 30.5 Å². The Labute approximate surface area is 135 Å². The minimum Gasteiger partial charge on any atom is -0.444 e. The summed E-state index contributed by atoms with van der Waals surface area (Å²) < 4.78 is 5.37. The first-order valence-electron chi connectivity index (χ1n) is 7.01. The number of carbonyl (C=O) groups excluding carboxylic acids is 1. The standard InChI is InChI=1S/C16H17N3O2.ClH/c20-15(18-10-12-6-8-17-9-7-12)14-11-21-16(19-14)13-4-2-1-3-5-13;/h1-6,11,17H,7-10H2,(H,18,20);1H. The highest BCUT2D eigenvalue weighted by molar-refractivity contribution is 5.92. The van der Waals surface area contributed by atoms with Crippen LogP contribution in [0, 0.1) is 0 Å². The molecule has 0 bridgehead atoms. The molecule has 6 heteroatoms. The number of aromatic nitrogens is 1. The average molecular weight is 320 g/mol. The number of amides is 1. The number of benzene rings is 1. The van der Waals surface area contributed by atoms with Crippen molar-refractivity contribution in [2.45, 2.75) is 6.42 Å². The summed E-state index contributed by atoms with van der Waals surface area (Å²) in [5.74, 6) is 0.252. The lowest BCUT2D eigenvalue weighted by atomic mass is 10.1. The normalized spacial score (nSPS) is 13.9. The van der Waals surface area contributed by atoms with E-state index < -0.39 is 0 Å². The number of rotatable bonds is 4. The zero-order chi connectivity index (χ0) is 14.5. The Bertz CT molecular complexity index is 652. The molecule has 3 rings (SSSR count). The van der Waals surface area contributed by atoms with Crippen molar-refractivity contribution < 1.29 is 9.21 Å². The summed E-state index contributed by atoms with van der Waals surface area (Å²) in [5, 5.41) is 6.12. The Morgan fingerprint density at radius 3 is 2.86 bits per heavy atom. The minimum absolute atomic E-state index is 0. The minimum atomic E-state index is -0.208. The highest BCUT2D eigenvalue weighted by Gasteiger charge is 2.13. The smallest absolute Gasteiger partial charge is 0.273 e. The number of hydrogen-bond acceptors (Lipinski definition) is 4. The van der Waals surface area contributed by atoms with Crippen molar-refractivity contribution in [1.82, 2.24) is 15.6 Å². The molecule has 0 aliphatic carbocycles. The van der Waals surface area contributed by atoms with Crippen molar-refractivity contribution in [2.75, 3.05) is 19.6 Å². The van der Waals surface area contributed by atoms with E-state index in [-0.39, 0.29) is 18.3 Å². The molecule has 1 aliphatic heterocycles. The van der Waals surface area contributed by atoms with E-state index in [1.165, 1.54) is 11.8 Å². The molecule has 1 amide bonds. The maximum Gasteiger partial charge on any atom is 0.273 e. The van der Waals surface area contributed by atoms with E-state index in [4.69, 9.17) is 4.42 Å². The van der Waals surface area contributed by atoms with Crippen LogP contribution in [-0.2, 0) is 0 Å². The molecule has 0 radical (unpaired) electrons. The molecule has 2 heterocycles.